The molecule has 1 N–H and O–H groups in total. The van der Waals surface area contributed by atoms with Crippen molar-refractivity contribution in [1.82, 2.24) is 25.0 Å². The van der Waals surface area contributed by atoms with Crippen molar-refractivity contribution in [2.24, 2.45) is 0 Å². The van der Waals surface area contributed by atoms with Crippen molar-refractivity contribution in [3.05, 3.63) is 44.0 Å². The molecule has 2 heterocycles. The lowest BCUT2D eigenvalue weighted by Crippen LogP contribution is -2.48. The number of amides is 1. The van der Waals surface area contributed by atoms with Gasteiger partial charge >= 0.3 is 0 Å². The third-order valence-electron chi connectivity index (χ3n) is 3.83. The van der Waals surface area contributed by atoms with Gasteiger partial charge in [0.15, 0.2) is 5.82 Å². The van der Waals surface area contributed by atoms with Crippen molar-refractivity contribution in [3.63, 3.8) is 0 Å². The van der Waals surface area contributed by atoms with Crippen LogP contribution in [0.4, 0.5) is 0 Å². The van der Waals surface area contributed by atoms with E-state index in [1.807, 2.05) is 17.9 Å². The zero-order valence-corrected chi connectivity index (χ0v) is 15.6. The number of rotatable bonds is 3. The van der Waals surface area contributed by atoms with Crippen molar-refractivity contribution >= 4 is 40.1 Å². The first-order valence-corrected chi connectivity index (χ1v) is 8.83. The first-order valence-electron chi connectivity index (χ1n) is 7.37. The van der Waals surface area contributed by atoms with Crippen molar-refractivity contribution in [2.75, 3.05) is 26.2 Å². The van der Waals surface area contributed by atoms with Crippen LogP contribution >= 0.6 is 34.2 Å². The van der Waals surface area contributed by atoms with Crippen molar-refractivity contribution < 1.29 is 4.79 Å². The molecule has 0 radical (unpaired) electrons. The first kappa shape index (κ1) is 16.7. The number of hydrogen-bond donors (Lipinski definition) is 1. The molecule has 3 rings (SSSR count). The number of aryl methyl sites for hydroxylation is 1. The SMILES string of the molecule is Cc1nc(CN2CCN(C(=O)c3cc(Cl)ccc3I)CC2)n[nH]1. The molecule has 0 spiro atoms. The van der Waals surface area contributed by atoms with Gasteiger partial charge in [-0.05, 0) is 47.7 Å². The van der Waals surface area contributed by atoms with Crippen LogP contribution in [0.1, 0.15) is 22.0 Å². The maximum atomic E-state index is 12.7. The van der Waals surface area contributed by atoms with Gasteiger partial charge < -0.3 is 4.90 Å². The van der Waals surface area contributed by atoms with Crippen LogP contribution < -0.4 is 0 Å². The Morgan fingerprint density at radius 3 is 2.74 bits per heavy atom. The summed E-state index contributed by atoms with van der Waals surface area (Å²) in [5.74, 6) is 1.67. The van der Waals surface area contributed by atoms with Crippen LogP contribution in [0.3, 0.4) is 0 Å². The quantitative estimate of drug-likeness (QED) is 0.737. The highest BCUT2D eigenvalue weighted by molar-refractivity contribution is 14.1. The van der Waals surface area contributed by atoms with E-state index in [9.17, 15) is 4.79 Å². The molecule has 1 saturated heterocycles. The molecule has 1 amide bonds. The standard InChI is InChI=1S/C15H17ClIN5O/c1-10-18-14(20-19-10)9-21-4-6-22(7-5-21)15(23)12-8-11(16)2-3-13(12)17/h2-3,8H,4-7,9H2,1H3,(H,18,19,20). The first-order chi connectivity index (χ1) is 11.0. The maximum absolute atomic E-state index is 12.7. The smallest absolute Gasteiger partial charge is 0.255 e. The van der Waals surface area contributed by atoms with Gasteiger partial charge in [-0.2, -0.15) is 5.10 Å². The summed E-state index contributed by atoms with van der Waals surface area (Å²) in [7, 11) is 0. The summed E-state index contributed by atoms with van der Waals surface area (Å²) in [6, 6.07) is 5.42. The normalized spacial score (nSPS) is 15.9. The Bertz CT molecular complexity index is 712. The molecule has 1 aromatic heterocycles. The number of H-pyrrole nitrogens is 1. The number of carbonyl (C=O) groups excluding carboxylic acids is 1. The number of nitrogens with one attached hydrogen (secondary N) is 1. The number of nitrogens with zero attached hydrogens (tertiary/aromatic N) is 4. The van der Waals surface area contributed by atoms with E-state index in [1.54, 1.807) is 12.1 Å². The van der Waals surface area contributed by atoms with Crippen LogP contribution in [-0.2, 0) is 6.54 Å². The van der Waals surface area contributed by atoms with Crippen molar-refractivity contribution in [3.8, 4) is 0 Å². The summed E-state index contributed by atoms with van der Waals surface area (Å²) in [4.78, 5) is 21.1. The molecule has 0 unspecified atom stereocenters. The molecular formula is C15H17ClIN5O. The highest BCUT2D eigenvalue weighted by Gasteiger charge is 2.24. The number of carbonyl (C=O) groups is 1. The summed E-state index contributed by atoms with van der Waals surface area (Å²) in [6.45, 7) is 5.63. The highest BCUT2D eigenvalue weighted by Crippen LogP contribution is 2.20. The van der Waals surface area contributed by atoms with Gasteiger partial charge in [-0.25, -0.2) is 4.98 Å². The Morgan fingerprint density at radius 2 is 2.09 bits per heavy atom. The summed E-state index contributed by atoms with van der Waals surface area (Å²) >= 11 is 8.19. The molecule has 23 heavy (non-hydrogen) atoms. The second-order valence-electron chi connectivity index (χ2n) is 5.53. The fourth-order valence-electron chi connectivity index (χ4n) is 2.60. The topological polar surface area (TPSA) is 65.1 Å². The van der Waals surface area contributed by atoms with Gasteiger partial charge in [0.05, 0.1) is 12.1 Å². The lowest BCUT2D eigenvalue weighted by molar-refractivity contribution is 0.0624. The van der Waals surface area contributed by atoms with Gasteiger partial charge in [-0.1, -0.05) is 11.6 Å². The lowest BCUT2D eigenvalue weighted by atomic mass is 10.2. The Labute approximate surface area is 153 Å². The molecule has 1 aliphatic heterocycles. The number of aromatic nitrogens is 3. The molecule has 1 aromatic carbocycles. The number of benzene rings is 1. The molecule has 1 aliphatic rings. The van der Waals surface area contributed by atoms with Crippen LogP contribution in [0.2, 0.25) is 5.02 Å². The average molecular weight is 446 g/mol. The Morgan fingerprint density at radius 1 is 1.35 bits per heavy atom. The summed E-state index contributed by atoms with van der Waals surface area (Å²) in [6.07, 6.45) is 0. The summed E-state index contributed by atoms with van der Waals surface area (Å²) in [5.41, 5.74) is 0.677. The third-order valence-corrected chi connectivity index (χ3v) is 5.00. The molecule has 2 aromatic rings. The molecule has 0 bridgehead atoms. The Kier molecular flexibility index (Phi) is 5.17. The van der Waals surface area contributed by atoms with Crippen LogP contribution in [0.5, 0.6) is 0 Å². The molecule has 0 atom stereocenters. The van der Waals surface area contributed by atoms with Gasteiger partial charge in [0.25, 0.3) is 5.91 Å². The van der Waals surface area contributed by atoms with E-state index in [-0.39, 0.29) is 5.91 Å². The molecule has 8 heteroatoms. The summed E-state index contributed by atoms with van der Waals surface area (Å²) < 4.78 is 0.927. The van der Waals surface area contributed by atoms with E-state index in [2.05, 4.69) is 42.7 Å². The van der Waals surface area contributed by atoms with Gasteiger partial charge in [0.2, 0.25) is 0 Å². The Balaban J connectivity index is 1.60. The van der Waals surface area contributed by atoms with Gasteiger partial charge in [0.1, 0.15) is 5.82 Å². The molecule has 0 aliphatic carbocycles. The third kappa shape index (κ3) is 4.02. The second-order valence-corrected chi connectivity index (χ2v) is 7.13. The van der Waals surface area contributed by atoms with E-state index < -0.39 is 0 Å². The van der Waals surface area contributed by atoms with Gasteiger partial charge in [-0.15, -0.1) is 0 Å². The minimum absolute atomic E-state index is 0.0466. The van der Waals surface area contributed by atoms with E-state index >= 15 is 0 Å². The van der Waals surface area contributed by atoms with Crippen molar-refractivity contribution in [2.45, 2.75) is 13.5 Å². The monoisotopic (exact) mass is 445 g/mol. The number of halogens is 2. The fraction of sp³-hybridized carbons (Fsp3) is 0.400. The minimum atomic E-state index is 0.0466. The minimum Gasteiger partial charge on any atom is -0.336 e. The molecule has 1 fully saturated rings. The summed E-state index contributed by atoms with van der Waals surface area (Å²) in [5, 5.41) is 7.60. The number of aromatic amines is 1. The number of piperazine rings is 1. The van der Waals surface area contributed by atoms with E-state index in [0.717, 1.165) is 28.3 Å². The van der Waals surface area contributed by atoms with Crippen LogP contribution in [0, 0.1) is 10.5 Å². The molecule has 122 valence electrons. The molecule has 0 saturated carbocycles. The van der Waals surface area contributed by atoms with Crippen LogP contribution in [-0.4, -0.2) is 57.1 Å². The molecule has 6 nitrogen and oxygen atoms in total. The highest BCUT2D eigenvalue weighted by atomic mass is 127. The lowest BCUT2D eigenvalue weighted by Gasteiger charge is -2.34. The van der Waals surface area contributed by atoms with Gasteiger partial charge in [-0.3, -0.25) is 14.8 Å². The Hall–Kier alpha value is -1.19. The zero-order valence-electron chi connectivity index (χ0n) is 12.7. The number of hydrogen-bond acceptors (Lipinski definition) is 4. The zero-order chi connectivity index (χ0) is 16.4. The van der Waals surface area contributed by atoms with E-state index in [0.29, 0.717) is 30.2 Å². The van der Waals surface area contributed by atoms with E-state index in [1.165, 1.54) is 0 Å². The predicted octanol–water partition coefficient (Wildman–Crippen LogP) is 2.33. The fourth-order valence-corrected chi connectivity index (χ4v) is 3.34. The predicted molar refractivity (Wildman–Crippen MR) is 96.5 cm³/mol. The molecular weight excluding hydrogens is 429 g/mol. The van der Waals surface area contributed by atoms with Crippen LogP contribution in [0.15, 0.2) is 18.2 Å². The van der Waals surface area contributed by atoms with Crippen molar-refractivity contribution in [1.29, 1.82) is 0 Å². The van der Waals surface area contributed by atoms with Crippen LogP contribution in [0.25, 0.3) is 0 Å². The largest absolute Gasteiger partial charge is 0.336 e. The van der Waals surface area contributed by atoms with E-state index in [4.69, 9.17) is 11.6 Å². The van der Waals surface area contributed by atoms with Gasteiger partial charge in [0, 0.05) is 34.8 Å². The average Bonchev–Trinajstić information content (AvgIpc) is 2.95. The second kappa shape index (κ2) is 7.14. The maximum Gasteiger partial charge on any atom is 0.255 e.